The highest BCUT2D eigenvalue weighted by Crippen LogP contribution is 2.44. The van der Waals surface area contributed by atoms with Gasteiger partial charge in [0.25, 0.3) is 0 Å². The van der Waals surface area contributed by atoms with E-state index in [1.807, 2.05) is 19.1 Å². The second kappa shape index (κ2) is 13.2. The Morgan fingerprint density at radius 1 is 1.16 bits per heavy atom. The first-order chi connectivity index (χ1) is 17.6. The fourth-order valence-electron chi connectivity index (χ4n) is 5.29. The second-order valence-electron chi connectivity index (χ2n) is 10.0. The van der Waals surface area contributed by atoms with Crippen molar-refractivity contribution >= 4 is 11.9 Å². The lowest BCUT2D eigenvalue weighted by atomic mass is 9.66. The van der Waals surface area contributed by atoms with Crippen molar-refractivity contribution in [2.75, 3.05) is 0 Å². The van der Waals surface area contributed by atoms with Crippen molar-refractivity contribution in [2.45, 2.75) is 82.9 Å². The van der Waals surface area contributed by atoms with E-state index in [1.54, 1.807) is 13.0 Å². The first-order valence-electron chi connectivity index (χ1n) is 12.9. The molecule has 0 spiro atoms. The molecule has 204 valence electrons. The van der Waals surface area contributed by atoms with Crippen LogP contribution >= 0.6 is 0 Å². The molecule has 4 N–H and O–H groups in total. The first-order valence-corrected chi connectivity index (χ1v) is 12.9. The van der Waals surface area contributed by atoms with E-state index >= 15 is 0 Å². The largest absolute Gasteiger partial charge is 0.481 e. The van der Waals surface area contributed by atoms with Crippen LogP contribution in [0.15, 0.2) is 48.1 Å². The third kappa shape index (κ3) is 8.12. The number of ether oxygens (including phenoxy) is 2. The van der Waals surface area contributed by atoms with Gasteiger partial charge in [-0.25, -0.2) is 9.18 Å². The average molecular weight is 521 g/mol. The molecule has 0 aromatic heterocycles. The second-order valence-corrected chi connectivity index (χ2v) is 10.0. The van der Waals surface area contributed by atoms with Gasteiger partial charge in [-0.1, -0.05) is 32.1 Å². The summed E-state index contributed by atoms with van der Waals surface area (Å²) < 4.78 is 24.9. The zero-order valence-electron chi connectivity index (χ0n) is 21.2. The zero-order valence-corrected chi connectivity index (χ0v) is 21.2. The van der Waals surface area contributed by atoms with Crippen LogP contribution in [0.1, 0.15) is 52.4 Å². The summed E-state index contributed by atoms with van der Waals surface area (Å²) in [6.45, 7) is 3.82. The molecule has 1 aromatic carbocycles. The predicted molar refractivity (Wildman–Crippen MR) is 133 cm³/mol. The van der Waals surface area contributed by atoms with Crippen molar-refractivity contribution in [3.8, 4) is 5.75 Å². The molecule has 0 saturated heterocycles. The molecule has 9 heteroatoms. The minimum absolute atomic E-state index is 0.00842. The van der Waals surface area contributed by atoms with Gasteiger partial charge in [-0.2, -0.15) is 0 Å². The summed E-state index contributed by atoms with van der Waals surface area (Å²) in [5, 5.41) is 39.5. The molecule has 0 amide bonds. The molecule has 0 aliphatic heterocycles. The van der Waals surface area contributed by atoms with Crippen LogP contribution in [0.2, 0.25) is 0 Å². The summed E-state index contributed by atoms with van der Waals surface area (Å²) in [5.74, 6) is -1.86. The average Bonchev–Trinajstić information content (AvgIpc) is 2.82. The number of esters is 1. The Morgan fingerprint density at radius 2 is 1.86 bits per heavy atom. The summed E-state index contributed by atoms with van der Waals surface area (Å²) in [4.78, 5) is 23.9. The van der Waals surface area contributed by atoms with Crippen molar-refractivity contribution in [1.82, 2.24) is 0 Å². The number of hydrogen-bond acceptors (Lipinski definition) is 7. The Kier molecular flexibility index (Phi) is 10.3. The maximum atomic E-state index is 13.2. The Morgan fingerprint density at radius 3 is 2.51 bits per heavy atom. The van der Waals surface area contributed by atoms with Crippen LogP contribution in [0.3, 0.4) is 0 Å². The van der Waals surface area contributed by atoms with Crippen molar-refractivity contribution in [3.05, 3.63) is 53.9 Å². The molecule has 0 bridgehead atoms. The summed E-state index contributed by atoms with van der Waals surface area (Å²) in [5.41, 5.74) is 0.868. The number of aliphatic carboxylic acids is 1. The topological polar surface area (TPSA) is 134 Å². The van der Waals surface area contributed by atoms with E-state index in [9.17, 15) is 29.3 Å². The quantitative estimate of drug-likeness (QED) is 0.308. The van der Waals surface area contributed by atoms with Gasteiger partial charge in [-0.15, -0.1) is 0 Å². The molecular formula is C28H37FO8. The molecule has 0 fully saturated rings. The van der Waals surface area contributed by atoms with Crippen LogP contribution < -0.4 is 4.74 Å². The SMILES string of the molecule is CCC(Oc1ccc(F)cc1)C(=O)O[C@H]1C[C@H](O)C=C2C=C[C@H](C)[C@H](CC[C@@H](O)C[C@@H](O)CC(=O)O)[C@H]21. The van der Waals surface area contributed by atoms with Crippen molar-refractivity contribution < 1.29 is 43.9 Å². The predicted octanol–water partition coefficient (Wildman–Crippen LogP) is 3.39. The number of hydrogen-bond donors (Lipinski definition) is 4. The lowest BCUT2D eigenvalue weighted by Crippen LogP contribution is -2.44. The number of fused-ring (bicyclic) bond motifs is 1. The highest BCUT2D eigenvalue weighted by molar-refractivity contribution is 5.75. The fourth-order valence-corrected chi connectivity index (χ4v) is 5.29. The monoisotopic (exact) mass is 520 g/mol. The number of benzene rings is 1. The van der Waals surface area contributed by atoms with Crippen LogP contribution in [-0.4, -0.2) is 62.9 Å². The number of aliphatic hydroxyl groups excluding tert-OH is 3. The molecule has 1 aromatic rings. The maximum Gasteiger partial charge on any atom is 0.347 e. The Balaban J connectivity index is 1.70. The van der Waals surface area contributed by atoms with Gasteiger partial charge < -0.3 is 29.9 Å². The Bertz CT molecular complexity index is 975. The summed E-state index contributed by atoms with van der Waals surface area (Å²) in [7, 11) is 0. The molecule has 0 saturated carbocycles. The number of carbonyl (C=O) groups excluding carboxylic acids is 1. The van der Waals surface area contributed by atoms with E-state index in [0.29, 0.717) is 25.0 Å². The Hall–Kier alpha value is -2.75. The maximum absolute atomic E-state index is 13.2. The minimum Gasteiger partial charge on any atom is -0.481 e. The van der Waals surface area contributed by atoms with Crippen molar-refractivity contribution in [1.29, 1.82) is 0 Å². The molecular weight excluding hydrogens is 483 g/mol. The normalized spacial score (nSPS) is 27.4. The summed E-state index contributed by atoms with van der Waals surface area (Å²) in [6.07, 6.45) is 2.45. The minimum atomic E-state index is -1.13. The molecule has 37 heavy (non-hydrogen) atoms. The van der Waals surface area contributed by atoms with E-state index in [0.717, 1.165) is 5.57 Å². The van der Waals surface area contributed by atoms with Crippen molar-refractivity contribution in [2.24, 2.45) is 17.8 Å². The van der Waals surface area contributed by atoms with Crippen LogP contribution in [-0.2, 0) is 14.3 Å². The van der Waals surface area contributed by atoms with E-state index in [-0.39, 0.29) is 30.6 Å². The molecule has 8 atom stereocenters. The van der Waals surface area contributed by atoms with Crippen LogP contribution in [0.5, 0.6) is 5.75 Å². The first kappa shape index (κ1) is 28.8. The van der Waals surface area contributed by atoms with E-state index in [1.165, 1.54) is 24.3 Å². The fraction of sp³-hybridized carbons (Fsp3) is 0.571. The lowest BCUT2D eigenvalue weighted by molar-refractivity contribution is -0.163. The molecule has 2 aliphatic carbocycles. The highest BCUT2D eigenvalue weighted by Gasteiger charge is 2.42. The van der Waals surface area contributed by atoms with E-state index < -0.39 is 54.7 Å². The lowest BCUT2D eigenvalue weighted by Gasteiger charge is -2.43. The molecule has 3 rings (SSSR count). The third-order valence-corrected chi connectivity index (χ3v) is 7.15. The number of carboxylic acids is 1. The van der Waals surface area contributed by atoms with Crippen molar-refractivity contribution in [3.63, 3.8) is 0 Å². The standard InChI is InChI=1S/C28H37FO8/c1-3-24(36-22-9-6-18(29)7-10-22)28(35)37-25-14-20(31)12-17-5-4-16(2)23(27(17)25)11-8-19(30)13-21(32)15-26(33)34/h4-7,9-10,12,16,19-21,23-25,27,30-32H,3,8,11,13-15H2,1-2H3,(H,33,34)/t16-,19+,20+,21+,23-,24?,25-,27-/m0/s1. The van der Waals surface area contributed by atoms with Gasteiger partial charge in [0.15, 0.2) is 6.10 Å². The van der Waals surface area contributed by atoms with Gasteiger partial charge in [0.2, 0.25) is 0 Å². The summed E-state index contributed by atoms with van der Waals surface area (Å²) in [6, 6.07) is 5.38. The van der Waals surface area contributed by atoms with Crippen LogP contribution in [0, 0.1) is 23.6 Å². The van der Waals surface area contributed by atoms with Crippen LogP contribution in [0.25, 0.3) is 0 Å². The van der Waals surface area contributed by atoms with Gasteiger partial charge >= 0.3 is 11.9 Å². The summed E-state index contributed by atoms with van der Waals surface area (Å²) >= 11 is 0. The van der Waals surface area contributed by atoms with Gasteiger partial charge in [-0.3, -0.25) is 4.79 Å². The van der Waals surface area contributed by atoms with Gasteiger partial charge in [-0.05, 0) is 67.4 Å². The third-order valence-electron chi connectivity index (χ3n) is 7.15. The van der Waals surface area contributed by atoms with Gasteiger partial charge in [0, 0.05) is 12.3 Å². The number of halogens is 1. The Labute approximate surface area is 216 Å². The number of carbonyl (C=O) groups is 2. The van der Waals surface area contributed by atoms with Gasteiger partial charge in [0.1, 0.15) is 17.7 Å². The molecule has 1 unspecified atom stereocenters. The van der Waals surface area contributed by atoms with Gasteiger partial charge in [0.05, 0.1) is 24.7 Å². The molecule has 2 aliphatic rings. The van der Waals surface area contributed by atoms with E-state index in [2.05, 4.69) is 0 Å². The number of rotatable bonds is 12. The smallest absolute Gasteiger partial charge is 0.347 e. The molecule has 8 nitrogen and oxygen atoms in total. The zero-order chi connectivity index (χ0) is 27.1. The van der Waals surface area contributed by atoms with E-state index in [4.69, 9.17) is 14.6 Å². The highest BCUT2D eigenvalue weighted by atomic mass is 19.1. The number of allylic oxidation sites excluding steroid dienone is 2. The number of carboxylic acid groups (broad SMARTS) is 1. The van der Waals surface area contributed by atoms with Crippen LogP contribution in [0.4, 0.5) is 4.39 Å². The number of aliphatic hydroxyl groups is 3. The molecule has 0 radical (unpaired) electrons. The molecule has 0 heterocycles.